The molecule has 0 atom stereocenters. The van der Waals surface area contributed by atoms with Gasteiger partial charge in [0.2, 0.25) is 5.95 Å². The quantitative estimate of drug-likeness (QED) is 0.636. The van der Waals surface area contributed by atoms with Crippen molar-refractivity contribution in [2.75, 3.05) is 31.5 Å². The van der Waals surface area contributed by atoms with E-state index in [0.717, 1.165) is 58.8 Å². The Bertz CT molecular complexity index is 870. The first-order valence-corrected chi connectivity index (χ1v) is 9.48. The molecule has 136 valence electrons. The van der Waals surface area contributed by atoms with Crippen LogP contribution in [0.15, 0.2) is 42.6 Å². The molecule has 1 aromatic heterocycles. The monoisotopic (exact) mass is 368 g/mol. The van der Waals surface area contributed by atoms with Gasteiger partial charge in [-0.25, -0.2) is 9.97 Å². The van der Waals surface area contributed by atoms with Crippen LogP contribution in [0, 0.1) is 6.92 Å². The molecule has 0 radical (unpaired) electrons. The normalized spacial score (nSPS) is 11.3. The zero-order valence-electron chi connectivity index (χ0n) is 15.6. The second-order valence-electron chi connectivity index (χ2n) is 6.35. The van der Waals surface area contributed by atoms with Crippen molar-refractivity contribution < 1.29 is 0 Å². The first-order chi connectivity index (χ1) is 12.6. The minimum Gasteiger partial charge on any atom is -0.353 e. The Morgan fingerprint density at radius 3 is 2.65 bits per heavy atom. The average molecular weight is 369 g/mol. The van der Waals surface area contributed by atoms with Gasteiger partial charge in [0.05, 0.1) is 5.52 Å². The molecule has 2 aromatic carbocycles. The number of benzene rings is 2. The van der Waals surface area contributed by atoms with Crippen LogP contribution in [0.1, 0.15) is 19.4 Å². The predicted octanol–water partition coefficient (Wildman–Crippen LogP) is 5.01. The lowest BCUT2D eigenvalue weighted by Crippen LogP contribution is -2.28. The van der Waals surface area contributed by atoms with Gasteiger partial charge >= 0.3 is 0 Å². The number of nitrogens with zero attached hydrogens (tertiary/aromatic N) is 3. The number of fused-ring (bicyclic) bond motifs is 1. The van der Waals surface area contributed by atoms with Crippen LogP contribution in [0.4, 0.5) is 5.95 Å². The van der Waals surface area contributed by atoms with Crippen LogP contribution in [0.25, 0.3) is 22.0 Å². The Labute approximate surface area is 160 Å². The molecule has 0 saturated carbocycles. The number of hydrogen-bond acceptors (Lipinski definition) is 4. The summed E-state index contributed by atoms with van der Waals surface area (Å²) in [7, 11) is 0. The summed E-state index contributed by atoms with van der Waals surface area (Å²) in [6.07, 6.45) is 1.87. The molecule has 0 aliphatic carbocycles. The average Bonchev–Trinajstić information content (AvgIpc) is 2.65. The molecule has 0 saturated heterocycles. The van der Waals surface area contributed by atoms with E-state index >= 15 is 0 Å². The summed E-state index contributed by atoms with van der Waals surface area (Å²) >= 11 is 6.40. The van der Waals surface area contributed by atoms with E-state index in [0.29, 0.717) is 5.95 Å². The van der Waals surface area contributed by atoms with Crippen molar-refractivity contribution in [1.29, 1.82) is 0 Å². The summed E-state index contributed by atoms with van der Waals surface area (Å²) < 4.78 is 0. The number of likely N-dealkylation sites (N-methyl/N-ethyl adjacent to an activating group) is 1. The zero-order valence-corrected chi connectivity index (χ0v) is 16.3. The molecule has 3 aromatic rings. The molecule has 4 nitrogen and oxygen atoms in total. The summed E-state index contributed by atoms with van der Waals surface area (Å²) in [4.78, 5) is 11.5. The zero-order chi connectivity index (χ0) is 18.5. The number of hydrogen-bond donors (Lipinski definition) is 1. The van der Waals surface area contributed by atoms with E-state index < -0.39 is 0 Å². The summed E-state index contributed by atoms with van der Waals surface area (Å²) in [6, 6.07) is 12.2. The number of aryl methyl sites for hydroxylation is 1. The highest BCUT2D eigenvalue weighted by molar-refractivity contribution is 6.33. The number of aromatic nitrogens is 2. The van der Waals surface area contributed by atoms with Crippen molar-refractivity contribution in [3.63, 3.8) is 0 Å². The van der Waals surface area contributed by atoms with E-state index in [9.17, 15) is 0 Å². The Kier molecular flexibility index (Phi) is 6.07. The smallest absolute Gasteiger partial charge is 0.223 e. The Morgan fingerprint density at radius 1 is 1.12 bits per heavy atom. The van der Waals surface area contributed by atoms with Crippen molar-refractivity contribution >= 4 is 28.5 Å². The summed E-state index contributed by atoms with van der Waals surface area (Å²) in [5.41, 5.74) is 4.25. The van der Waals surface area contributed by atoms with E-state index in [4.69, 9.17) is 11.6 Å². The van der Waals surface area contributed by atoms with Gasteiger partial charge in [-0.2, -0.15) is 0 Å². The molecule has 1 N–H and O–H groups in total. The summed E-state index contributed by atoms with van der Waals surface area (Å²) in [6.45, 7) is 10.4. The fraction of sp³-hybridized carbons (Fsp3) is 0.333. The van der Waals surface area contributed by atoms with Gasteiger partial charge in [0, 0.05) is 35.3 Å². The SMILES string of the molecule is CCN(CC)CCNc1ncc2cc(-c3c(C)cccc3Cl)ccc2n1. The van der Waals surface area contributed by atoms with Gasteiger partial charge in [-0.15, -0.1) is 0 Å². The van der Waals surface area contributed by atoms with E-state index in [2.05, 4.69) is 59.2 Å². The standard InChI is InChI=1S/C21H25ClN4/c1-4-26(5-2)12-11-23-21-24-14-17-13-16(9-10-19(17)25-21)20-15(3)7-6-8-18(20)22/h6-10,13-14H,4-5,11-12H2,1-3H3,(H,23,24,25). The highest BCUT2D eigenvalue weighted by Gasteiger charge is 2.08. The van der Waals surface area contributed by atoms with E-state index in [1.54, 1.807) is 0 Å². The maximum atomic E-state index is 6.40. The van der Waals surface area contributed by atoms with Crippen molar-refractivity contribution in [1.82, 2.24) is 14.9 Å². The van der Waals surface area contributed by atoms with Gasteiger partial charge in [-0.3, -0.25) is 0 Å². The largest absolute Gasteiger partial charge is 0.353 e. The molecule has 3 rings (SSSR count). The molecule has 0 spiro atoms. The van der Waals surface area contributed by atoms with E-state index in [1.165, 1.54) is 0 Å². The minimum atomic E-state index is 0.673. The number of anilines is 1. The maximum Gasteiger partial charge on any atom is 0.223 e. The van der Waals surface area contributed by atoms with Crippen LogP contribution in [0.3, 0.4) is 0 Å². The van der Waals surface area contributed by atoms with Gasteiger partial charge in [-0.1, -0.05) is 43.6 Å². The molecular formula is C21H25ClN4. The van der Waals surface area contributed by atoms with E-state index in [-0.39, 0.29) is 0 Å². The molecule has 0 bridgehead atoms. The highest BCUT2D eigenvalue weighted by Crippen LogP contribution is 2.32. The van der Waals surface area contributed by atoms with Crippen LogP contribution in [-0.4, -0.2) is 41.0 Å². The predicted molar refractivity (Wildman–Crippen MR) is 111 cm³/mol. The minimum absolute atomic E-state index is 0.673. The second kappa shape index (κ2) is 8.47. The van der Waals surface area contributed by atoms with Crippen molar-refractivity contribution in [3.05, 3.63) is 53.2 Å². The molecule has 0 amide bonds. The molecule has 0 aliphatic rings. The molecule has 26 heavy (non-hydrogen) atoms. The first kappa shape index (κ1) is 18.6. The second-order valence-corrected chi connectivity index (χ2v) is 6.76. The number of halogens is 1. The lowest BCUT2D eigenvalue weighted by atomic mass is 9.99. The number of rotatable bonds is 7. The fourth-order valence-electron chi connectivity index (χ4n) is 3.14. The number of nitrogens with one attached hydrogen (secondary N) is 1. The van der Waals surface area contributed by atoms with Gasteiger partial charge in [0.25, 0.3) is 0 Å². The molecule has 0 unspecified atom stereocenters. The lowest BCUT2D eigenvalue weighted by molar-refractivity contribution is 0.316. The van der Waals surface area contributed by atoms with Crippen LogP contribution >= 0.6 is 11.6 Å². The van der Waals surface area contributed by atoms with Crippen LogP contribution < -0.4 is 5.32 Å². The van der Waals surface area contributed by atoms with Gasteiger partial charge < -0.3 is 10.2 Å². The third-order valence-corrected chi connectivity index (χ3v) is 5.01. The van der Waals surface area contributed by atoms with Gasteiger partial charge in [0.15, 0.2) is 0 Å². The Balaban J connectivity index is 1.80. The summed E-state index contributed by atoms with van der Waals surface area (Å²) in [5, 5.41) is 5.09. The van der Waals surface area contributed by atoms with Crippen molar-refractivity contribution in [3.8, 4) is 11.1 Å². The van der Waals surface area contributed by atoms with Crippen molar-refractivity contribution in [2.45, 2.75) is 20.8 Å². The third-order valence-electron chi connectivity index (χ3n) is 4.70. The maximum absolute atomic E-state index is 6.40. The van der Waals surface area contributed by atoms with Gasteiger partial charge in [0.1, 0.15) is 0 Å². The lowest BCUT2D eigenvalue weighted by Gasteiger charge is -2.17. The Morgan fingerprint density at radius 2 is 1.92 bits per heavy atom. The molecule has 0 fully saturated rings. The Hall–Kier alpha value is -2.17. The van der Waals surface area contributed by atoms with Crippen LogP contribution in [0.2, 0.25) is 5.02 Å². The third kappa shape index (κ3) is 4.14. The highest BCUT2D eigenvalue weighted by atomic mass is 35.5. The first-order valence-electron chi connectivity index (χ1n) is 9.11. The fourth-order valence-corrected chi connectivity index (χ4v) is 3.47. The van der Waals surface area contributed by atoms with Crippen LogP contribution in [-0.2, 0) is 0 Å². The molecule has 5 heteroatoms. The topological polar surface area (TPSA) is 41.0 Å². The molecular weight excluding hydrogens is 344 g/mol. The van der Waals surface area contributed by atoms with Crippen LogP contribution in [0.5, 0.6) is 0 Å². The molecule has 1 heterocycles. The summed E-state index contributed by atoms with van der Waals surface area (Å²) in [5.74, 6) is 0.673. The van der Waals surface area contributed by atoms with Crippen molar-refractivity contribution in [2.24, 2.45) is 0 Å². The molecule has 0 aliphatic heterocycles. The van der Waals surface area contributed by atoms with E-state index in [1.807, 2.05) is 24.4 Å². The van der Waals surface area contributed by atoms with Gasteiger partial charge in [-0.05, 0) is 49.3 Å².